The average molecular weight is 334 g/mol. The third-order valence-corrected chi connectivity index (χ3v) is 3.95. The second-order valence-electron chi connectivity index (χ2n) is 5.73. The Morgan fingerprint density at radius 1 is 1.16 bits per heavy atom. The quantitative estimate of drug-likeness (QED) is 0.663. The van der Waals surface area contributed by atoms with Gasteiger partial charge in [0.1, 0.15) is 5.75 Å². The van der Waals surface area contributed by atoms with Crippen LogP contribution in [0.3, 0.4) is 0 Å². The first-order valence-corrected chi connectivity index (χ1v) is 8.06. The van der Waals surface area contributed by atoms with Crippen molar-refractivity contribution in [3.63, 3.8) is 0 Å². The van der Waals surface area contributed by atoms with E-state index in [0.29, 0.717) is 24.2 Å². The van der Waals surface area contributed by atoms with E-state index in [1.54, 1.807) is 24.3 Å². The number of carbonyl (C=O) groups excluding carboxylic acids is 2. The van der Waals surface area contributed by atoms with Gasteiger partial charge in [-0.05, 0) is 41.8 Å². The van der Waals surface area contributed by atoms with E-state index in [4.69, 9.17) is 11.2 Å². The predicted octanol–water partition coefficient (Wildman–Crippen LogP) is 1.90. The van der Waals surface area contributed by atoms with E-state index in [9.17, 15) is 9.59 Å². The van der Waals surface area contributed by atoms with Crippen LogP contribution in [0.25, 0.3) is 0 Å². The Morgan fingerprint density at radius 2 is 2.04 bits per heavy atom. The molecule has 0 saturated carbocycles. The highest BCUT2D eigenvalue weighted by Crippen LogP contribution is 2.25. The number of hydrogen-bond donors (Lipinski definition) is 2. The number of ether oxygens (including phenoxy) is 1. The number of terminal acetylenes is 1. The molecule has 126 valence electrons. The van der Waals surface area contributed by atoms with Crippen molar-refractivity contribution in [3.8, 4) is 18.1 Å². The smallest absolute Gasteiger partial charge is 0.313 e. The molecule has 0 fully saturated rings. The van der Waals surface area contributed by atoms with E-state index < -0.39 is 11.8 Å². The molecule has 0 bridgehead atoms. The zero-order valence-corrected chi connectivity index (χ0v) is 13.7. The average Bonchev–Trinajstić information content (AvgIpc) is 3.09. The van der Waals surface area contributed by atoms with Gasteiger partial charge in [0.2, 0.25) is 0 Å². The lowest BCUT2D eigenvalue weighted by Gasteiger charge is -2.08. The van der Waals surface area contributed by atoms with Crippen LogP contribution in [0.5, 0.6) is 5.75 Å². The minimum atomic E-state index is -0.712. The molecule has 0 atom stereocenters. The Balaban J connectivity index is 1.48. The highest BCUT2D eigenvalue weighted by atomic mass is 16.5. The summed E-state index contributed by atoms with van der Waals surface area (Å²) in [5, 5.41) is 5.16. The first-order valence-electron chi connectivity index (χ1n) is 8.06. The van der Waals surface area contributed by atoms with E-state index in [0.717, 1.165) is 24.3 Å². The van der Waals surface area contributed by atoms with E-state index in [2.05, 4.69) is 22.6 Å². The predicted molar refractivity (Wildman–Crippen MR) is 95.4 cm³/mol. The molecule has 5 nitrogen and oxygen atoms in total. The first-order chi connectivity index (χ1) is 12.2. The number of benzene rings is 2. The number of amides is 2. The molecule has 3 rings (SSSR count). The van der Waals surface area contributed by atoms with Gasteiger partial charge in [-0.25, -0.2) is 0 Å². The molecule has 2 aromatic carbocycles. The monoisotopic (exact) mass is 334 g/mol. The van der Waals surface area contributed by atoms with Crippen molar-refractivity contribution in [1.82, 2.24) is 5.32 Å². The summed E-state index contributed by atoms with van der Waals surface area (Å²) < 4.78 is 5.47. The third kappa shape index (κ3) is 4.18. The van der Waals surface area contributed by atoms with Crippen LogP contribution in [-0.2, 0) is 22.4 Å². The SMILES string of the molecule is C#Cc1cccc(NC(=O)C(=O)NCCc2ccc3c(c2)CCO3)c1. The van der Waals surface area contributed by atoms with Crippen LogP contribution in [-0.4, -0.2) is 25.0 Å². The van der Waals surface area contributed by atoms with Crippen LogP contribution in [0.4, 0.5) is 5.69 Å². The van der Waals surface area contributed by atoms with Gasteiger partial charge in [-0.15, -0.1) is 6.42 Å². The summed E-state index contributed by atoms with van der Waals surface area (Å²) in [5.41, 5.74) is 3.43. The summed E-state index contributed by atoms with van der Waals surface area (Å²) in [5.74, 6) is 2.03. The molecule has 0 radical (unpaired) electrons. The van der Waals surface area contributed by atoms with Crippen LogP contribution in [0, 0.1) is 12.3 Å². The van der Waals surface area contributed by atoms with Crippen LogP contribution in [0.15, 0.2) is 42.5 Å². The molecule has 0 saturated heterocycles. The molecule has 0 unspecified atom stereocenters. The molecule has 1 aliphatic rings. The number of nitrogens with one attached hydrogen (secondary N) is 2. The zero-order valence-electron chi connectivity index (χ0n) is 13.7. The van der Waals surface area contributed by atoms with Crippen molar-refractivity contribution in [2.75, 3.05) is 18.5 Å². The largest absolute Gasteiger partial charge is 0.493 e. The molecule has 2 aromatic rings. The van der Waals surface area contributed by atoms with Crippen LogP contribution < -0.4 is 15.4 Å². The molecular weight excluding hydrogens is 316 g/mol. The number of fused-ring (bicyclic) bond motifs is 1. The number of rotatable bonds is 4. The lowest BCUT2D eigenvalue weighted by Crippen LogP contribution is -2.36. The van der Waals surface area contributed by atoms with Gasteiger partial charge in [-0.1, -0.05) is 24.1 Å². The molecule has 1 heterocycles. The van der Waals surface area contributed by atoms with Crippen molar-refractivity contribution in [2.24, 2.45) is 0 Å². The molecular formula is C20H18N2O3. The lowest BCUT2D eigenvalue weighted by atomic mass is 10.1. The first kappa shape index (κ1) is 16.6. The Hall–Kier alpha value is -3.26. The molecule has 5 heteroatoms. The Labute approximate surface area is 146 Å². The molecule has 0 spiro atoms. The lowest BCUT2D eigenvalue weighted by molar-refractivity contribution is -0.136. The standard InChI is InChI=1S/C20H18N2O3/c1-2-14-4-3-5-17(13-14)22-20(24)19(23)21-10-8-15-6-7-18-16(12-15)9-11-25-18/h1,3-7,12-13H,8-11H2,(H,21,23)(H,22,24). The van der Waals surface area contributed by atoms with Crippen LogP contribution >= 0.6 is 0 Å². The summed E-state index contributed by atoms with van der Waals surface area (Å²) >= 11 is 0. The van der Waals surface area contributed by atoms with Gasteiger partial charge in [-0.3, -0.25) is 9.59 Å². The Morgan fingerprint density at radius 3 is 2.88 bits per heavy atom. The van der Waals surface area contributed by atoms with E-state index in [-0.39, 0.29) is 0 Å². The topological polar surface area (TPSA) is 67.4 Å². The van der Waals surface area contributed by atoms with Crippen molar-refractivity contribution in [1.29, 1.82) is 0 Å². The molecule has 2 amide bonds. The van der Waals surface area contributed by atoms with Crippen molar-refractivity contribution in [2.45, 2.75) is 12.8 Å². The van der Waals surface area contributed by atoms with E-state index in [1.165, 1.54) is 5.56 Å². The highest BCUT2D eigenvalue weighted by molar-refractivity contribution is 6.39. The van der Waals surface area contributed by atoms with Crippen molar-refractivity contribution in [3.05, 3.63) is 59.2 Å². The highest BCUT2D eigenvalue weighted by Gasteiger charge is 2.14. The van der Waals surface area contributed by atoms with Crippen LogP contribution in [0.1, 0.15) is 16.7 Å². The fourth-order valence-corrected chi connectivity index (χ4v) is 2.67. The maximum Gasteiger partial charge on any atom is 0.313 e. The van der Waals surface area contributed by atoms with Gasteiger partial charge >= 0.3 is 11.8 Å². The summed E-state index contributed by atoms with van der Waals surface area (Å²) in [6, 6.07) is 12.8. The van der Waals surface area contributed by atoms with Gasteiger partial charge in [0.15, 0.2) is 0 Å². The fraction of sp³-hybridized carbons (Fsp3) is 0.200. The summed E-state index contributed by atoms with van der Waals surface area (Å²) in [7, 11) is 0. The van der Waals surface area contributed by atoms with Gasteiger partial charge in [0.25, 0.3) is 0 Å². The van der Waals surface area contributed by atoms with Gasteiger partial charge in [0.05, 0.1) is 6.61 Å². The second-order valence-corrected chi connectivity index (χ2v) is 5.73. The minimum Gasteiger partial charge on any atom is -0.493 e. The van der Waals surface area contributed by atoms with Crippen LogP contribution in [0.2, 0.25) is 0 Å². The molecule has 0 aromatic heterocycles. The fourth-order valence-electron chi connectivity index (χ4n) is 2.67. The number of anilines is 1. The zero-order chi connectivity index (χ0) is 17.6. The van der Waals surface area contributed by atoms with Crippen molar-refractivity contribution < 1.29 is 14.3 Å². The second kappa shape index (κ2) is 7.54. The van der Waals surface area contributed by atoms with E-state index in [1.807, 2.05) is 12.1 Å². The van der Waals surface area contributed by atoms with Gasteiger partial charge in [0, 0.05) is 24.2 Å². The Kier molecular flexibility index (Phi) is 5.00. The molecule has 2 N–H and O–H groups in total. The molecule has 0 aliphatic carbocycles. The van der Waals surface area contributed by atoms with E-state index >= 15 is 0 Å². The summed E-state index contributed by atoms with van der Waals surface area (Å²) in [6.45, 7) is 1.10. The maximum atomic E-state index is 11.9. The summed E-state index contributed by atoms with van der Waals surface area (Å²) in [6.07, 6.45) is 6.88. The minimum absolute atomic E-state index is 0.385. The van der Waals surface area contributed by atoms with Gasteiger partial charge in [-0.2, -0.15) is 0 Å². The van der Waals surface area contributed by atoms with Gasteiger partial charge < -0.3 is 15.4 Å². The Bertz CT molecular complexity index is 852. The van der Waals surface area contributed by atoms with Crippen molar-refractivity contribution >= 4 is 17.5 Å². The number of carbonyl (C=O) groups is 2. The third-order valence-electron chi connectivity index (χ3n) is 3.95. The summed E-state index contributed by atoms with van der Waals surface area (Å²) in [4.78, 5) is 23.8. The normalized spacial score (nSPS) is 11.8. The molecule has 1 aliphatic heterocycles. The number of hydrogen-bond acceptors (Lipinski definition) is 3. The molecule has 25 heavy (non-hydrogen) atoms. The maximum absolute atomic E-state index is 11.9.